The monoisotopic (exact) mass is 269 g/mol. The Morgan fingerprint density at radius 2 is 2.16 bits per heavy atom. The zero-order chi connectivity index (χ0) is 14.3. The lowest BCUT2D eigenvalue weighted by atomic mass is 10.2. The molecule has 0 aliphatic heterocycles. The molecule has 0 aliphatic rings. The number of hydrogen-bond donors (Lipinski definition) is 2. The summed E-state index contributed by atoms with van der Waals surface area (Å²) >= 11 is 0. The summed E-state index contributed by atoms with van der Waals surface area (Å²) in [5.74, 6) is -2.38. The van der Waals surface area contributed by atoms with Crippen LogP contribution < -0.4 is 10.1 Å². The van der Waals surface area contributed by atoms with Crippen LogP contribution in [0.25, 0.3) is 0 Å². The largest absolute Gasteiger partial charge is 0.483 e. The fourth-order valence-corrected chi connectivity index (χ4v) is 1.39. The predicted molar refractivity (Wildman–Crippen MR) is 66.8 cm³/mol. The molecule has 19 heavy (non-hydrogen) atoms. The van der Waals surface area contributed by atoms with Gasteiger partial charge in [0.05, 0.1) is 0 Å². The second-order valence-corrected chi connectivity index (χ2v) is 3.94. The highest BCUT2D eigenvalue weighted by Gasteiger charge is 2.13. The molecule has 0 aromatic heterocycles. The average molecular weight is 269 g/mol. The lowest BCUT2D eigenvalue weighted by Gasteiger charge is -2.09. The Morgan fingerprint density at radius 3 is 2.79 bits per heavy atom. The first kappa shape index (κ1) is 14.9. The number of ether oxygens (including phenoxy) is 1. The molecule has 0 unspecified atom stereocenters. The maximum absolute atomic E-state index is 13.0. The number of carboxylic acids is 1. The molecule has 0 atom stereocenters. The number of amides is 1. The third-order valence-corrected chi connectivity index (χ3v) is 2.39. The molecule has 104 valence electrons. The quantitative estimate of drug-likeness (QED) is 0.740. The van der Waals surface area contributed by atoms with E-state index in [0.717, 1.165) is 31.0 Å². The van der Waals surface area contributed by atoms with E-state index in [9.17, 15) is 14.0 Å². The summed E-state index contributed by atoms with van der Waals surface area (Å²) in [6, 6.07) is 3.07. The average Bonchev–Trinajstić information content (AvgIpc) is 2.36. The van der Waals surface area contributed by atoms with Crippen LogP contribution in [0, 0.1) is 5.82 Å². The van der Waals surface area contributed by atoms with E-state index >= 15 is 0 Å². The van der Waals surface area contributed by atoms with Gasteiger partial charge >= 0.3 is 5.97 Å². The molecule has 1 aromatic rings. The Morgan fingerprint density at radius 1 is 1.42 bits per heavy atom. The number of halogens is 1. The minimum absolute atomic E-state index is 0.154. The second kappa shape index (κ2) is 7.35. The number of rotatable bonds is 7. The summed E-state index contributed by atoms with van der Waals surface area (Å²) in [6.45, 7) is 2.19. The molecule has 0 bridgehead atoms. The van der Waals surface area contributed by atoms with E-state index in [4.69, 9.17) is 9.84 Å². The number of carbonyl (C=O) groups is 2. The Hall–Kier alpha value is -2.11. The zero-order valence-corrected chi connectivity index (χ0v) is 10.6. The van der Waals surface area contributed by atoms with Gasteiger partial charge in [-0.25, -0.2) is 9.18 Å². The number of nitrogens with one attached hydrogen (secondary N) is 1. The number of unbranched alkanes of at least 4 members (excludes halogenated alkanes) is 1. The van der Waals surface area contributed by atoms with E-state index in [-0.39, 0.29) is 23.8 Å². The Bertz CT molecular complexity index is 462. The van der Waals surface area contributed by atoms with Crippen molar-refractivity contribution in [3.05, 3.63) is 29.6 Å². The van der Waals surface area contributed by atoms with Crippen LogP contribution in [0.15, 0.2) is 18.2 Å². The van der Waals surface area contributed by atoms with Gasteiger partial charge in [-0.2, -0.15) is 0 Å². The first-order valence-corrected chi connectivity index (χ1v) is 5.97. The SMILES string of the molecule is CCCCNC(=O)COc1cc(F)ccc1C(=O)O. The van der Waals surface area contributed by atoms with E-state index in [1.807, 2.05) is 6.92 Å². The van der Waals surface area contributed by atoms with Crippen molar-refractivity contribution in [1.82, 2.24) is 5.32 Å². The van der Waals surface area contributed by atoms with Gasteiger partial charge in [0.25, 0.3) is 5.91 Å². The topological polar surface area (TPSA) is 75.6 Å². The standard InChI is InChI=1S/C13H16FNO4/c1-2-3-6-15-12(16)8-19-11-7-9(14)4-5-10(11)13(17)18/h4-5,7H,2-3,6,8H2,1H3,(H,15,16)(H,17,18). The van der Waals surface area contributed by atoms with Crippen LogP contribution in [0.3, 0.4) is 0 Å². The fourth-order valence-electron chi connectivity index (χ4n) is 1.39. The van der Waals surface area contributed by atoms with Crippen LogP contribution >= 0.6 is 0 Å². The molecule has 0 spiro atoms. The lowest BCUT2D eigenvalue weighted by Crippen LogP contribution is -2.29. The van der Waals surface area contributed by atoms with Crippen molar-refractivity contribution >= 4 is 11.9 Å². The highest BCUT2D eigenvalue weighted by atomic mass is 19.1. The van der Waals surface area contributed by atoms with E-state index in [2.05, 4.69) is 5.32 Å². The number of carbonyl (C=O) groups excluding carboxylic acids is 1. The number of carboxylic acid groups (broad SMARTS) is 1. The molecule has 0 aliphatic carbocycles. The van der Waals surface area contributed by atoms with Gasteiger partial charge in [0.2, 0.25) is 0 Å². The van der Waals surface area contributed by atoms with E-state index in [1.165, 1.54) is 0 Å². The first-order valence-electron chi connectivity index (χ1n) is 5.97. The lowest BCUT2D eigenvalue weighted by molar-refractivity contribution is -0.123. The van der Waals surface area contributed by atoms with Gasteiger partial charge in [0.1, 0.15) is 17.1 Å². The van der Waals surface area contributed by atoms with Crippen LogP contribution in [0.4, 0.5) is 4.39 Å². The van der Waals surface area contributed by atoms with Crippen LogP contribution in [0.5, 0.6) is 5.75 Å². The molecule has 1 aromatic carbocycles. The molecule has 0 saturated carbocycles. The first-order chi connectivity index (χ1) is 9.04. The Kier molecular flexibility index (Phi) is 5.78. The minimum Gasteiger partial charge on any atom is -0.483 e. The van der Waals surface area contributed by atoms with Crippen molar-refractivity contribution in [3.8, 4) is 5.75 Å². The fraction of sp³-hybridized carbons (Fsp3) is 0.385. The summed E-state index contributed by atoms with van der Waals surface area (Å²) in [4.78, 5) is 22.3. The van der Waals surface area contributed by atoms with Gasteiger partial charge in [-0.05, 0) is 18.6 Å². The van der Waals surface area contributed by atoms with Crippen LogP contribution in [-0.4, -0.2) is 30.1 Å². The molecule has 0 fully saturated rings. The molecular weight excluding hydrogens is 253 g/mol. The summed E-state index contributed by atoms with van der Waals surface area (Å²) in [6.07, 6.45) is 1.81. The number of benzene rings is 1. The Labute approximate surface area is 110 Å². The third-order valence-electron chi connectivity index (χ3n) is 2.39. The molecule has 1 amide bonds. The van der Waals surface area contributed by atoms with Gasteiger partial charge < -0.3 is 15.2 Å². The maximum atomic E-state index is 13.0. The smallest absolute Gasteiger partial charge is 0.339 e. The van der Waals surface area contributed by atoms with Crippen molar-refractivity contribution in [2.75, 3.05) is 13.2 Å². The highest BCUT2D eigenvalue weighted by molar-refractivity contribution is 5.91. The summed E-state index contributed by atoms with van der Waals surface area (Å²) < 4.78 is 18.0. The molecule has 0 radical (unpaired) electrons. The van der Waals surface area contributed by atoms with Crippen molar-refractivity contribution in [2.24, 2.45) is 0 Å². The predicted octanol–water partition coefficient (Wildman–Crippen LogP) is 1.82. The molecule has 5 nitrogen and oxygen atoms in total. The zero-order valence-electron chi connectivity index (χ0n) is 10.6. The van der Waals surface area contributed by atoms with Gasteiger partial charge in [0, 0.05) is 12.6 Å². The van der Waals surface area contributed by atoms with Crippen LogP contribution in [0.1, 0.15) is 30.1 Å². The summed E-state index contributed by atoms with van der Waals surface area (Å²) in [5.41, 5.74) is -0.178. The van der Waals surface area contributed by atoms with Crippen LogP contribution in [-0.2, 0) is 4.79 Å². The normalized spacial score (nSPS) is 10.0. The molecule has 0 heterocycles. The number of aromatic carboxylic acids is 1. The highest BCUT2D eigenvalue weighted by Crippen LogP contribution is 2.19. The van der Waals surface area contributed by atoms with Crippen molar-refractivity contribution in [1.29, 1.82) is 0 Å². The maximum Gasteiger partial charge on any atom is 0.339 e. The second-order valence-electron chi connectivity index (χ2n) is 3.94. The Balaban J connectivity index is 2.59. The molecule has 2 N–H and O–H groups in total. The van der Waals surface area contributed by atoms with Crippen molar-refractivity contribution < 1.29 is 23.8 Å². The van der Waals surface area contributed by atoms with Crippen LogP contribution in [0.2, 0.25) is 0 Å². The van der Waals surface area contributed by atoms with E-state index < -0.39 is 11.8 Å². The van der Waals surface area contributed by atoms with E-state index in [1.54, 1.807) is 0 Å². The summed E-state index contributed by atoms with van der Waals surface area (Å²) in [7, 11) is 0. The summed E-state index contributed by atoms with van der Waals surface area (Å²) in [5, 5.41) is 11.5. The van der Waals surface area contributed by atoms with Gasteiger partial charge in [-0.1, -0.05) is 13.3 Å². The molecule has 0 saturated heterocycles. The molecule has 6 heteroatoms. The van der Waals surface area contributed by atoms with Gasteiger partial charge in [-0.15, -0.1) is 0 Å². The molecular formula is C13H16FNO4. The minimum atomic E-state index is -1.23. The van der Waals surface area contributed by atoms with E-state index in [0.29, 0.717) is 6.54 Å². The van der Waals surface area contributed by atoms with Gasteiger partial charge in [0.15, 0.2) is 6.61 Å². The third kappa shape index (κ3) is 4.95. The van der Waals surface area contributed by atoms with Crippen molar-refractivity contribution in [3.63, 3.8) is 0 Å². The number of hydrogen-bond acceptors (Lipinski definition) is 3. The molecule has 1 rings (SSSR count). The van der Waals surface area contributed by atoms with Gasteiger partial charge in [-0.3, -0.25) is 4.79 Å². The van der Waals surface area contributed by atoms with Crippen molar-refractivity contribution in [2.45, 2.75) is 19.8 Å².